The highest BCUT2D eigenvalue weighted by atomic mass is 32.2. The molecule has 0 radical (unpaired) electrons. The first-order chi connectivity index (χ1) is 9.84. The van der Waals surface area contributed by atoms with E-state index in [0.29, 0.717) is 5.56 Å². The van der Waals surface area contributed by atoms with Crippen LogP contribution in [0, 0.1) is 17.0 Å². The van der Waals surface area contributed by atoms with Crippen molar-refractivity contribution in [2.45, 2.75) is 50.0 Å². The third-order valence-electron chi connectivity index (χ3n) is 4.14. The lowest BCUT2D eigenvalue weighted by atomic mass is 9.96. The van der Waals surface area contributed by atoms with Gasteiger partial charge < -0.3 is 0 Å². The molecule has 0 spiro atoms. The van der Waals surface area contributed by atoms with Crippen LogP contribution in [0.5, 0.6) is 0 Å². The average molecular weight is 312 g/mol. The molecule has 2 rings (SSSR count). The number of aryl methyl sites for hydroxylation is 1. The van der Waals surface area contributed by atoms with Crippen molar-refractivity contribution >= 4 is 15.7 Å². The molecule has 1 aromatic carbocycles. The number of hydrogen-bond donors (Lipinski definition) is 0. The summed E-state index contributed by atoms with van der Waals surface area (Å²) in [7, 11) is -2.12. The maximum absolute atomic E-state index is 12.6. The Bertz CT molecular complexity index is 636. The highest BCUT2D eigenvalue weighted by Gasteiger charge is 2.30. The van der Waals surface area contributed by atoms with E-state index in [1.54, 1.807) is 14.0 Å². The highest BCUT2D eigenvalue weighted by Crippen LogP contribution is 2.28. The Morgan fingerprint density at radius 1 is 1.24 bits per heavy atom. The Hall–Kier alpha value is -1.47. The van der Waals surface area contributed by atoms with Crippen LogP contribution in [-0.2, 0) is 10.0 Å². The van der Waals surface area contributed by atoms with Crippen LogP contribution in [0.3, 0.4) is 0 Å². The van der Waals surface area contributed by atoms with Crippen LogP contribution >= 0.6 is 0 Å². The Morgan fingerprint density at radius 2 is 1.86 bits per heavy atom. The lowest BCUT2D eigenvalue weighted by Gasteiger charge is -2.30. The molecular weight excluding hydrogens is 292 g/mol. The van der Waals surface area contributed by atoms with Crippen molar-refractivity contribution in [3.05, 3.63) is 33.9 Å². The van der Waals surface area contributed by atoms with Gasteiger partial charge in [0.2, 0.25) is 10.0 Å². The second-order valence-corrected chi connectivity index (χ2v) is 7.52. The molecule has 0 atom stereocenters. The minimum absolute atomic E-state index is 0.00660. The van der Waals surface area contributed by atoms with Gasteiger partial charge in [-0.3, -0.25) is 10.1 Å². The van der Waals surface area contributed by atoms with Gasteiger partial charge in [0.05, 0.1) is 9.82 Å². The van der Waals surface area contributed by atoms with Crippen molar-refractivity contribution in [3.63, 3.8) is 0 Å². The van der Waals surface area contributed by atoms with Crippen LogP contribution in [0.2, 0.25) is 0 Å². The summed E-state index contributed by atoms with van der Waals surface area (Å²) in [6.45, 7) is 1.60. The average Bonchev–Trinajstić information content (AvgIpc) is 2.47. The number of rotatable bonds is 4. The van der Waals surface area contributed by atoms with Gasteiger partial charge in [-0.2, -0.15) is 4.31 Å². The number of hydrogen-bond acceptors (Lipinski definition) is 4. The number of benzene rings is 1. The van der Waals surface area contributed by atoms with Crippen LogP contribution in [0.1, 0.15) is 37.7 Å². The first-order valence-electron chi connectivity index (χ1n) is 7.07. The summed E-state index contributed by atoms with van der Waals surface area (Å²) >= 11 is 0. The van der Waals surface area contributed by atoms with Crippen molar-refractivity contribution in [2.24, 2.45) is 0 Å². The molecule has 116 valence electrons. The summed E-state index contributed by atoms with van der Waals surface area (Å²) in [5.74, 6) is 0. The summed E-state index contributed by atoms with van der Waals surface area (Å²) < 4.78 is 26.6. The Morgan fingerprint density at radius 3 is 2.43 bits per heavy atom. The zero-order chi connectivity index (χ0) is 15.6. The van der Waals surface area contributed by atoms with Gasteiger partial charge in [0.15, 0.2) is 0 Å². The van der Waals surface area contributed by atoms with Gasteiger partial charge in [0.1, 0.15) is 0 Å². The molecule has 21 heavy (non-hydrogen) atoms. The molecule has 0 heterocycles. The third kappa shape index (κ3) is 3.24. The summed E-state index contributed by atoms with van der Waals surface area (Å²) in [6, 6.07) is 4.07. The summed E-state index contributed by atoms with van der Waals surface area (Å²) in [5.41, 5.74) is 0.299. The fraction of sp³-hybridized carbons (Fsp3) is 0.571. The molecule has 1 saturated carbocycles. The van der Waals surface area contributed by atoms with Crippen molar-refractivity contribution < 1.29 is 13.3 Å². The smallest absolute Gasteiger partial charge is 0.258 e. The Kier molecular flexibility index (Phi) is 4.63. The standard InChI is InChI=1S/C14H20N2O4S/c1-11-8-9-13(10-14(11)16(17)18)21(19,20)15(2)12-6-4-3-5-7-12/h8-10,12H,3-7H2,1-2H3. The van der Waals surface area contributed by atoms with Crippen LogP contribution in [0.15, 0.2) is 23.1 Å². The van der Waals surface area contributed by atoms with E-state index in [1.165, 1.54) is 16.4 Å². The molecule has 0 N–H and O–H groups in total. The minimum Gasteiger partial charge on any atom is -0.258 e. The van der Waals surface area contributed by atoms with Crippen molar-refractivity contribution in [3.8, 4) is 0 Å². The summed E-state index contributed by atoms with van der Waals surface area (Å²) in [6.07, 6.45) is 4.89. The zero-order valence-corrected chi connectivity index (χ0v) is 13.1. The maximum atomic E-state index is 12.6. The lowest BCUT2D eigenvalue weighted by Crippen LogP contribution is -2.38. The van der Waals surface area contributed by atoms with Crippen LogP contribution in [-0.4, -0.2) is 30.7 Å². The number of sulfonamides is 1. The van der Waals surface area contributed by atoms with Gasteiger partial charge in [0.25, 0.3) is 5.69 Å². The largest absolute Gasteiger partial charge is 0.273 e. The molecule has 0 aliphatic heterocycles. The van der Waals surface area contributed by atoms with E-state index in [4.69, 9.17) is 0 Å². The topological polar surface area (TPSA) is 80.5 Å². The molecule has 0 bridgehead atoms. The monoisotopic (exact) mass is 312 g/mol. The Balaban J connectivity index is 2.34. The van der Waals surface area contributed by atoms with Gasteiger partial charge in [0, 0.05) is 24.7 Å². The van der Waals surface area contributed by atoms with E-state index in [2.05, 4.69) is 0 Å². The molecule has 0 aromatic heterocycles. The predicted octanol–water partition coefficient (Wildman–Crippen LogP) is 2.86. The molecule has 1 fully saturated rings. The first kappa shape index (κ1) is 15.9. The molecule has 1 aliphatic carbocycles. The summed E-state index contributed by atoms with van der Waals surface area (Å²) in [5, 5.41) is 11.0. The third-order valence-corrected chi connectivity index (χ3v) is 6.05. The molecule has 7 heteroatoms. The van der Waals surface area contributed by atoms with Crippen LogP contribution in [0.25, 0.3) is 0 Å². The van der Waals surface area contributed by atoms with Gasteiger partial charge in [-0.05, 0) is 25.8 Å². The van der Waals surface area contributed by atoms with E-state index in [1.807, 2.05) is 0 Å². The quantitative estimate of drug-likeness (QED) is 0.632. The first-order valence-corrected chi connectivity index (χ1v) is 8.51. The maximum Gasteiger partial charge on any atom is 0.273 e. The summed E-state index contributed by atoms with van der Waals surface area (Å²) in [4.78, 5) is 10.4. The van der Waals surface area contributed by atoms with E-state index in [0.717, 1.165) is 38.2 Å². The van der Waals surface area contributed by atoms with Crippen LogP contribution in [0.4, 0.5) is 5.69 Å². The van der Waals surface area contributed by atoms with E-state index in [9.17, 15) is 18.5 Å². The molecule has 1 aromatic rings. The van der Waals surface area contributed by atoms with Crippen LogP contribution < -0.4 is 0 Å². The van der Waals surface area contributed by atoms with Crippen molar-refractivity contribution in [1.29, 1.82) is 0 Å². The van der Waals surface area contributed by atoms with Gasteiger partial charge >= 0.3 is 0 Å². The van der Waals surface area contributed by atoms with Gasteiger partial charge in [-0.15, -0.1) is 0 Å². The van der Waals surface area contributed by atoms with Gasteiger partial charge in [-0.1, -0.05) is 25.3 Å². The Labute approximate surface area is 125 Å². The molecule has 1 aliphatic rings. The van der Waals surface area contributed by atoms with E-state index >= 15 is 0 Å². The van der Waals surface area contributed by atoms with Gasteiger partial charge in [-0.25, -0.2) is 8.42 Å². The number of nitro groups is 1. The van der Waals surface area contributed by atoms with E-state index < -0.39 is 14.9 Å². The number of nitrogens with zero attached hydrogens (tertiary/aromatic N) is 2. The highest BCUT2D eigenvalue weighted by molar-refractivity contribution is 7.89. The second-order valence-electron chi connectivity index (χ2n) is 5.52. The molecule has 0 unspecified atom stereocenters. The molecule has 0 amide bonds. The zero-order valence-electron chi connectivity index (χ0n) is 12.3. The molecule has 6 nitrogen and oxygen atoms in total. The molecule has 0 saturated heterocycles. The second kappa shape index (κ2) is 6.11. The lowest BCUT2D eigenvalue weighted by molar-refractivity contribution is -0.385. The minimum atomic E-state index is -3.68. The van der Waals surface area contributed by atoms with Crippen molar-refractivity contribution in [1.82, 2.24) is 4.31 Å². The van der Waals surface area contributed by atoms with E-state index in [-0.39, 0.29) is 16.6 Å². The van der Waals surface area contributed by atoms with Crippen molar-refractivity contribution in [2.75, 3.05) is 7.05 Å². The SMILES string of the molecule is Cc1ccc(S(=O)(=O)N(C)C2CCCCC2)cc1[N+](=O)[O-]. The fourth-order valence-corrected chi connectivity index (χ4v) is 4.19. The number of nitro benzene ring substituents is 1. The molecular formula is C14H20N2O4S. The normalized spacial score (nSPS) is 17.1. The predicted molar refractivity (Wildman–Crippen MR) is 79.7 cm³/mol. The fourth-order valence-electron chi connectivity index (χ4n) is 2.75.